The Hall–Kier alpha value is -3.15. The molecule has 6 nitrogen and oxygen atoms in total. The number of carbonyl (C=O) groups excluding carboxylic acids is 2. The molecule has 140 valence electrons. The van der Waals surface area contributed by atoms with Gasteiger partial charge in [-0.2, -0.15) is 0 Å². The highest BCUT2D eigenvalue weighted by atomic mass is 16.4. The Morgan fingerprint density at radius 3 is 2.33 bits per heavy atom. The van der Waals surface area contributed by atoms with Crippen LogP contribution in [-0.2, 0) is 20.9 Å². The van der Waals surface area contributed by atoms with Crippen molar-refractivity contribution in [2.75, 3.05) is 6.54 Å². The number of nitrogens with one attached hydrogen (secondary N) is 1. The van der Waals surface area contributed by atoms with Crippen LogP contribution in [0.4, 0.5) is 0 Å². The molecule has 3 rings (SSSR count). The number of benzene rings is 2. The zero-order valence-electron chi connectivity index (χ0n) is 14.9. The molecule has 2 aromatic rings. The number of aliphatic carboxylic acids is 1. The van der Waals surface area contributed by atoms with Gasteiger partial charge in [0.1, 0.15) is 0 Å². The van der Waals surface area contributed by atoms with E-state index >= 15 is 0 Å². The van der Waals surface area contributed by atoms with Crippen LogP contribution in [0.25, 0.3) is 0 Å². The lowest BCUT2D eigenvalue weighted by Crippen LogP contribution is -2.36. The predicted molar refractivity (Wildman–Crippen MR) is 99.5 cm³/mol. The normalized spacial score (nSPS) is 17.6. The number of carbonyl (C=O) groups is 3. The summed E-state index contributed by atoms with van der Waals surface area (Å²) >= 11 is 0. The molecule has 0 aliphatic carbocycles. The van der Waals surface area contributed by atoms with Gasteiger partial charge in [-0.05, 0) is 11.1 Å². The third kappa shape index (κ3) is 4.94. The molecule has 2 amide bonds. The average molecular weight is 366 g/mol. The number of amides is 2. The van der Waals surface area contributed by atoms with Crippen molar-refractivity contribution >= 4 is 17.8 Å². The summed E-state index contributed by atoms with van der Waals surface area (Å²) in [6, 6.07) is 18.0. The minimum absolute atomic E-state index is 0.0616. The Morgan fingerprint density at radius 1 is 1.07 bits per heavy atom. The molecule has 2 aromatic carbocycles. The van der Waals surface area contributed by atoms with E-state index in [2.05, 4.69) is 5.32 Å². The van der Waals surface area contributed by atoms with Crippen LogP contribution in [0.5, 0.6) is 0 Å². The first-order valence-corrected chi connectivity index (χ1v) is 8.91. The summed E-state index contributed by atoms with van der Waals surface area (Å²) in [6.07, 6.45) is -0.0581. The summed E-state index contributed by atoms with van der Waals surface area (Å²) in [4.78, 5) is 37.8. The van der Waals surface area contributed by atoms with Crippen LogP contribution >= 0.6 is 0 Å². The van der Waals surface area contributed by atoms with Gasteiger partial charge in [-0.3, -0.25) is 14.4 Å². The van der Waals surface area contributed by atoms with Gasteiger partial charge in [0.25, 0.3) is 0 Å². The van der Waals surface area contributed by atoms with E-state index in [1.165, 1.54) is 0 Å². The van der Waals surface area contributed by atoms with E-state index in [0.717, 1.165) is 11.1 Å². The highest BCUT2D eigenvalue weighted by Crippen LogP contribution is 2.23. The molecule has 0 aromatic heterocycles. The van der Waals surface area contributed by atoms with E-state index < -0.39 is 17.9 Å². The van der Waals surface area contributed by atoms with Crippen molar-refractivity contribution in [2.45, 2.75) is 25.4 Å². The van der Waals surface area contributed by atoms with Crippen molar-refractivity contribution in [3.8, 4) is 0 Å². The molecule has 0 radical (unpaired) electrons. The van der Waals surface area contributed by atoms with E-state index in [4.69, 9.17) is 5.11 Å². The predicted octanol–water partition coefficient (Wildman–Crippen LogP) is 2.37. The van der Waals surface area contributed by atoms with Crippen LogP contribution in [0.15, 0.2) is 60.7 Å². The summed E-state index contributed by atoms with van der Waals surface area (Å²) in [7, 11) is 0. The second-order valence-corrected chi connectivity index (χ2v) is 6.73. The number of nitrogens with zero attached hydrogens (tertiary/aromatic N) is 1. The molecule has 6 heteroatoms. The zero-order chi connectivity index (χ0) is 19.2. The SMILES string of the molecule is O=C(O)C[C@@H](NC(=O)[C@H]1CC(=O)N(Cc2ccccc2)C1)c1ccccc1. The molecule has 1 aliphatic heterocycles. The Morgan fingerprint density at radius 2 is 1.70 bits per heavy atom. The average Bonchev–Trinajstić information content (AvgIpc) is 3.03. The van der Waals surface area contributed by atoms with Gasteiger partial charge in [0.05, 0.1) is 18.4 Å². The number of carboxylic acid groups (broad SMARTS) is 1. The van der Waals surface area contributed by atoms with Gasteiger partial charge in [0.2, 0.25) is 11.8 Å². The standard InChI is InChI=1S/C21H22N2O4/c24-19-11-17(14-23(19)13-15-7-3-1-4-8-15)21(27)22-18(12-20(25)26)16-9-5-2-6-10-16/h1-10,17-18H,11-14H2,(H,22,27)(H,25,26)/t17-,18+/m0/s1. The molecular weight excluding hydrogens is 344 g/mol. The molecule has 0 unspecified atom stereocenters. The second-order valence-electron chi connectivity index (χ2n) is 6.73. The summed E-state index contributed by atoms with van der Waals surface area (Å²) in [5.74, 6) is -1.80. The van der Waals surface area contributed by atoms with Gasteiger partial charge in [0, 0.05) is 19.5 Å². The number of rotatable bonds is 7. The monoisotopic (exact) mass is 366 g/mol. The molecule has 2 N–H and O–H groups in total. The van der Waals surface area contributed by atoms with Crippen LogP contribution in [0.1, 0.15) is 30.0 Å². The van der Waals surface area contributed by atoms with Gasteiger partial charge < -0.3 is 15.3 Å². The maximum atomic E-state index is 12.7. The molecule has 1 saturated heterocycles. The topological polar surface area (TPSA) is 86.7 Å². The summed E-state index contributed by atoms with van der Waals surface area (Å²) in [6.45, 7) is 0.814. The van der Waals surface area contributed by atoms with Crippen molar-refractivity contribution in [1.82, 2.24) is 10.2 Å². The molecular formula is C21H22N2O4. The van der Waals surface area contributed by atoms with Crippen LogP contribution in [0.3, 0.4) is 0 Å². The Kier molecular flexibility index (Phi) is 5.86. The molecule has 0 saturated carbocycles. The molecule has 1 aliphatic rings. The first-order valence-electron chi connectivity index (χ1n) is 8.91. The third-order valence-corrected chi connectivity index (χ3v) is 4.70. The Balaban J connectivity index is 1.64. The van der Waals surface area contributed by atoms with Crippen molar-refractivity contribution in [2.24, 2.45) is 5.92 Å². The van der Waals surface area contributed by atoms with E-state index in [1.54, 1.807) is 29.2 Å². The molecule has 1 heterocycles. The third-order valence-electron chi connectivity index (χ3n) is 4.70. The van der Waals surface area contributed by atoms with Gasteiger partial charge in [0.15, 0.2) is 0 Å². The summed E-state index contributed by atoms with van der Waals surface area (Å²) in [5, 5.41) is 12.0. The number of hydrogen-bond acceptors (Lipinski definition) is 3. The quantitative estimate of drug-likeness (QED) is 0.788. The smallest absolute Gasteiger partial charge is 0.305 e. The van der Waals surface area contributed by atoms with E-state index in [1.807, 2.05) is 36.4 Å². The lowest BCUT2D eigenvalue weighted by molar-refractivity contribution is -0.138. The minimum Gasteiger partial charge on any atom is -0.481 e. The van der Waals surface area contributed by atoms with E-state index in [0.29, 0.717) is 13.1 Å². The Bertz CT molecular complexity index is 807. The maximum Gasteiger partial charge on any atom is 0.305 e. The minimum atomic E-state index is -0.989. The van der Waals surface area contributed by atoms with E-state index in [-0.39, 0.29) is 24.7 Å². The highest BCUT2D eigenvalue weighted by Gasteiger charge is 2.35. The Labute approximate surface area is 157 Å². The first kappa shape index (κ1) is 18.6. The van der Waals surface area contributed by atoms with Crippen molar-refractivity contribution < 1.29 is 19.5 Å². The number of hydrogen-bond donors (Lipinski definition) is 2. The van der Waals surface area contributed by atoms with Crippen molar-refractivity contribution in [1.29, 1.82) is 0 Å². The second kappa shape index (κ2) is 8.49. The fourth-order valence-electron chi connectivity index (χ4n) is 3.31. The zero-order valence-corrected chi connectivity index (χ0v) is 14.9. The lowest BCUT2D eigenvalue weighted by Gasteiger charge is -2.20. The van der Waals surface area contributed by atoms with Gasteiger partial charge in [-0.25, -0.2) is 0 Å². The van der Waals surface area contributed by atoms with Gasteiger partial charge >= 0.3 is 5.97 Å². The van der Waals surface area contributed by atoms with Crippen LogP contribution in [0.2, 0.25) is 0 Å². The number of likely N-dealkylation sites (tertiary alicyclic amines) is 1. The van der Waals surface area contributed by atoms with Crippen LogP contribution < -0.4 is 5.32 Å². The molecule has 1 fully saturated rings. The van der Waals surface area contributed by atoms with Crippen molar-refractivity contribution in [3.05, 3.63) is 71.8 Å². The molecule has 0 spiro atoms. The van der Waals surface area contributed by atoms with Crippen LogP contribution in [0, 0.1) is 5.92 Å². The van der Waals surface area contributed by atoms with Gasteiger partial charge in [-0.1, -0.05) is 60.7 Å². The summed E-state index contributed by atoms with van der Waals surface area (Å²) < 4.78 is 0. The largest absolute Gasteiger partial charge is 0.481 e. The molecule has 0 bridgehead atoms. The van der Waals surface area contributed by atoms with E-state index in [9.17, 15) is 14.4 Å². The summed E-state index contributed by atoms with van der Waals surface area (Å²) in [5.41, 5.74) is 1.75. The fraction of sp³-hybridized carbons (Fsp3) is 0.286. The molecule has 27 heavy (non-hydrogen) atoms. The maximum absolute atomic E-state index is 12.7. The lowest BCUT2D eigenvalue weighted by atomic mass is 10.0. The van der Waals surface area contributed by atoms with Gasteiger partial charge in [-0.15, -0.1) is 0 Å². The highest BCUT2D eigenvalue weighted by molar-refractivity contribution is 5.89. The van der Waals surface area contributed by atoms with Crippen molar-refractivity contribution in [3.63, 3.8) is 0 Å². The number of carboxylic acids is 1. The van der Waals surface area contributed by atoms with Crippen LogP contribution in [-0.4, -0.2) is 34.3 Å². The first-order chi connectivity index (χ1) is 13.0. The fourth-order valence-corrected chi connectivity index (χ4v) is 3.31. The molecule has 2 atom stereocenters.